The molecule has 3 saturated heterocycles. The molecule has 0 aromatic heterocycles. The standard InChI is InChI=1S/C26H32N2O3/c1-17(2)19-4-3-5-20(12-19)21-6-7-23-22(13-21)15-30-16-24(23)27-26(29)31-25-14-28-10-8-18(25)9-11-28/h3-7,12-13,17-18,24-25H,8-11,14-16H2,1-2H3,(H,27,29)/t24?,25-/m0/s1. The lowest BCUT2D eigenvalue weighted by Gasteiger charge is -2.44. The summed E-state index contributed by atoms with van der Waals surface area (Å²) in [5.41, 5.74) is 5.99. The zero-order valence-corrected chi connectivity index (χ0v) is 18.5. The monoisotopic (exact) mass is 420 g/mol. The highest BCUT2D eigenvalue weighted by Gasteiger charge is 2.37. The predicted octanol–water partition coefficient (Wildman–Crippen LogP) is 4.87. The van der Waals surface area contributed by atoms with Gasteiger partial charge in [-0.1, -0.05) is 50.2 Å². The largest absolute Gasteiger partial charge is 0.445 e. The second kappa shape index (κ2) is 8.64. The van der Waals surface area contributed by atoms with Crippen LogP contribution in [0.25, 0.3) is 11.1 Å². The Hall–Kier alpha value is -2.37. The molecule has 1 unspecified atom stereocenters. The Balaban J connectivity index is 1.29. The molecule has 2 atom stereocenters. The van der Waals surface area contributed by atoms with Crippen molar-refractivity contribution in [2.75, 3.05) is 26.2 Å². The first kappa shape index (κ1) is 20.5. The van der Waals surface area contributed by atoms with Crippen LogP contribution in [0.5, 0.6) is 0 Å². The molecule has 0 spiro atoms. The highest BCUT2D eigenvalue weighted by Crippen LogP contribution is 2.32. The van der Waals surface area contributed by atoms with Crippen molar-refractivity contribution in [2.24, 2.45) is 5.92 Å². The van der Waals surface area contributed by atoms with E-state index in [1.54, 1.807) is 0 Å². The summed E-state index contributed by atoms with van der Waals surface area (Å²) >= 11 is 0. The van der Waals surface area contributed by atoms with Crippen LogP contribution >= 0.6 is 0 Å². The molecule has 1 amide bonds. The van der Waals surface area contributed by atoms with Gasteiger partial charge >= 0.3 is 6.09 Å². The number of nitrogens with zero attached hydrogens (tertiary/aromatic N) is 1. The second-order valence-electron chi connectivity index (χ2n) is 9.49. The molecule has 1 N–H and O–H groups in total. The third-order valence-corrected chi connectivity index (χ3v) is 7.09. The van der Waals surface area contributed by atoms with Crippen LogP contribution in [0.4, 0.5) is 4.79 Å². The topological polar surface area (TPSA) is 50.8 Å². The lowest BCUT2D eigenvalue weighted by molar-refractivity contribution is -0.0353. The van der Waals surface area contributed by atoms with Crippen molar-refractivity contribution >= 4 is 6.09 Å². The number of carbonyl (C=O) groups is 1. The average Bonchev–Trinajstić information content (AvgIpc) is 2.80. The van der Waals surface area contributed by atoms with Gasteiger partial charge in [0.15, 0.2) is 0 Å². The van der Waals surface area contributed by atoms with Crippen molar-refractivity contribution < 1.29 is 14.3 Å². The molecule has 2 aromatic carbocycles. The van der Waals surface area contributed by atoms with Crippen LogP contribution in [-0.2, 0) is 16.1 Å². The van der Waals surface area contributed by atoms with Crippen LogP contribution in [0.1, 0.15) is 55.3 Å². The maximum absolute atomic E-state index is 12.6. The Bertz CT molecular complexity index is 949. The summed E-state index contributed by atoms with van der Waals surface area (Å²) in [6.45, 7) is 8.62. The molecule has 6 rings (SSSR count). The number of nitrogens with one attached hydrogen (secondary N) is 1. The Labute approximate surface area is 184 Å². The zero-order valence-electron chi connectivity index (χ0n) is 18.5. The molecule has 0 saturated carbocycles. The molecular formula is C26H32N2O3. The van der Waals surface area contributed by atoms with E-state index in [9.17, 15) is 4.79 Å². The molecule has 2 bridgehead atoms. The van der Waals surface area contributed by atoms with E-state index in [2.05, 4.69) is 66.5 Å². The maximum Gasteiger partial charge on any atom is 0.408 e. The van der Waals surface area contributed by atoms with Gasteiger partial charge in [0.2, 0.25) is 0 Å². The summed E-state index contributed by atoms with van der Waals surface area (Å²) in [7, 11) is 0. The first-order chi connectivity index (χ1) is 15.1. The van der Waals surface area contributed by atoms with Crippen molar-refractivity contribution in [2.45, 2.75) is 51.4 Å². The van der Waals surface area contributed by atoms with Crippen LogP contribution in [0.15, 0.2) is 42.5 Å². The number of rotatable bonds is 4. The van der Waals surface area contributed by atoms with Gasteiger partial charge in [-0.05, 0) is 71.7 Å². The van der Waals surface area contributed by atoms with Crippen molar-refractivity contribution in [1.29, 1.82) is 0 Å². The molecule has 3 fully saturated rings. The van der Waals surface area contributed by atoms with Crippen LogP contribution in [0.3, 0.4) is 0 Å². The van der Waals surface area contributed by atoms with Crippen molar-refractivity contribution in [3.63, 3.8) is 0 Å². The summed E-state index contributed by atoms with van der Waals surface area (Å²) < 4.78 is 11.6. The number of hydrogen-bond donors (Lipinski definition) is 1. The van der Waals surface area contributed by atoms with E-state index in [0.717, 1.165) is 43.6 Å². The number of alkyl carbamates (subject to hydrolysis) is 1. The number of amides is 1. The summed E-state index contributed by atoms with van der Waals surface area (Å²) in [6, 6.07) is 15.0. The highest BCUT2D eigenvalue weighted by atomic mass is 16.6. The number of ether oxygens (including phenoxy) is 2. The van der Waals surface area contributed by atoms with E-state index in [1.165, 1.54) is 16.7 Å². The zero-order chi connectivity index (χ0) is 21.4. The highest BCUT2D eigenvalue weighted by molar-refractivity contribution is 5.69. The molecule has 164 valence electrons. The minimum absolute atomic E-state index is 0.0158. The van der Waals surface area contributed by atoms with Gasteiger partial charge in [0.25, 0.3) is 0 Å². The Morgan fingerprint density at radius 1 is 1.13 bits per heavy atom. The first-order valence-electron chi connectivity index (χ1n) is 11.6. The molecule has 4 aliphatic heterocycles. The maximum atomic E-state index is 12.6. The fourth-order valence-corrected chi connectivity index (χ4v) is 5.18. The molecule has 5 nitrogen and oxygen atoms in total. The van der Waals surface area contributed by atoms with Crippen molar-refractivity contribution in [1.82, 2.24) is 10.2 Å². The minimum Gasteiger partial charge on any atom is -0.445 e. The smallest absolute Gasteiger partial charge is 0.408 e. The summed E-state index contributed by atoms with van der Waals surface area (Å²) in [5, 5.41) is 3.06. The summed E-state index contributed by atoms with van der Waals surface area (Å²) in [5.74, 6) is 1.01. The third-order valence-electron chi connectivity index (χ3n) is 7.09. The van der Waals surface area contributed by atoms with Gasteiger partial charge in [-0.3, -0.25) is 4.90 Å². The van der Waals surface area contributed by atoms with Gasteiger partial charge < -0.3 is 14.8 Å². The number of fused-ring (bicyclic) bond motifs is 4. The van der Waals surface area contributed by atoms with Crippen LogP contribution in [0, 0.1) is 5.92 Å². The molecule has 4 heterocycles. The molecule has 0 radical (unpaired) electrons. The van der Waals surface area contributed by atoms with E-state index >= 15 is 0 Å². The Morgan fingerprint density at radius 2 is 1.94 bits per heavy atom. The molecule has 0 aliphatic carbocycles. The fraction of sp³-hybridized carbons (Fsp3) is 0.500. The number of benzene rings is 2. The van der Waals surface area contributed by atoms with Gasteiger partial charge in [0.1, 0.15) is 6.10 Å². The normalized spacial score (nSPS) is 27.1. The third kappa shape index (κ3) is 4.35. The van der Waals surface area contributed by atoms with Gasteiger partial charge in [-0.15, -0.1) is 0 Å². The Kier molecular flexibility index (Phi) is 5.72. The molecular weight excluding hydrogens is 388 g/mol. The van der Waals surface area contributed by atoms with E-state index in [4.69, 9.17) is 9.47 Å². The van der Waals surface area contributed by atoms with Crippen LogP contribution in [-0.4, -0.2) is 43.3 Å². The molecule has 5 heteroatoms. The quantitative estimate of drug-likeness (QED) is 0.767. The van der Waals surface area contributed by atoms with E-state index in [1.807, 2.05) is 0 Å². The van der Waals surface area contributed by atoms with E-state index < -0.39 is 0 Å². The Morgan fingerprint density at radius 3 is 2.68 bits per heavy atom. The van der Waals surface area contributed by atoms with Gasteiger partial charge in [-0.25, -0.2) is 4.79 Å². The lowest BCUT2D eigenvalue weighted by atomic mass is 9.86. The molecule has 4 aliphatic rings. The molecule has 31 heavy (non-hydrogen) atoms. The van der Waals surface area contributed by atoms with Gasteiger partial charge in [-0.2, -0.15) is 0 Å². The number of hydrogen-bond acceptors (Lipinski definition) is 4. The van der Waals surface area contributed by atoms with Gasteiger partial charge in [0, 0.05) is 6.54 Å². The van der Waals surface area contributed by atoms with E-state index in [-0.39, 0.29) is 18.2 Å². The fourth-order valence-electron chi connectivity index (χ4n) is 5.18. The lowest BCUT2D eigenvalue weighted by Crippen LogP contribution is -2.53. The number of piperidine rings is 3. The first-order valence-corrected chi connectivity index (χ1v) is 11.6. The predicted molar refractivity (Wildman–Crippen MR) is 121 cm³/mol. The van der Waals surface area contributed by atoms with Crippen molar-refractivity contribution in [3.05, 3.63) is 59.2 Å². The van der Waals surface area contributed by atoms with Crippen LogP contribution < -0.4 is 5.32 Å². The van der Waals surface area contributed by atoms with E-state index in [0.29, 0.717) is 25.0 Å². The van der Waals surface area contributed by atoms with Gasteiger partial charge in [0.05, 0.1) is 19.3 Å². The number of carbonyl (C=O) groups excluding carboxylic acids is 1. The summed E-state index contributed by atoms with van der Waals surface area (Å²) in [6.07, 6.45) is 1.96. The molecule has 2 aromatic rings. The van der Waals surface area contributed by atoms with Crippen LogP contribution in [0.2, 0.25) is 0 Å². The second-order valence-corrected chi connectivity index (χ2v) is 9.49. The average molecular weight is 421 g/mol. The minimum atomic E-state index is -0.325. The summed E-state index contributed by atoms with van der Waals surface area (Å²) in [4.78, 5) is 15.0. The van der Waals surface area contributed by atoms with Crippen molar-refractivity contribution in [3.8, 4) is 11.1 Å². The SMILES string of the molecule is CC(C)c1cccc(-c2ccc3c(c2)COCC3NC(=O)O[C@H]2CN3CCC2CC3)c1.